The summed E-state index contributed by atoms with van der Waals surface area (Å²) < 4.78 is 11.2. The maximum atomic E-state index is 11.6. The van der Waals surface area contributed by atoms with E-state index in [-0.39, 0.29) is 12.2 Å². The first-order valence-electron chi connectivity index (χ1n) is 7.64. The van der Waals surface area contributed by atoms with Crippen LogP contribution < -0.4 is 5.09 Å². The smallest absolute Gasteiger partial charge is 0.427 e. The molecule has 0 bridgehead atoms. The van der Waals surface area contributed by atoms with Crippen LogP contribution in [0, 0.1) is 0 Å². The van der Waals surface area contributed by atoms with Gasteiger partial charge < -0.3 is 30.2 Å². The number of aliphatic hydroxyl groups is 3. The van der Waals surface area contributed by atoms with E-state index in [0.29, 0.717) is 5.56 Å². The van der Waals surface area contributed by atoms with Gasteiger partial charge in [0.2, 0.25) is 0 Å². The quantitative estimate of drug-likeness (QED) is 0.278. The molecule has 1 aromatic rings. The molecule has 1 aliphatic carbocycles. The zero-order chi connectivity index (χ0) is 19.7. The summed E-state index contributed by atoms with van der Waals surface area (Å²) in [5.74, 6) is -4.51. The van der Waals surface area contributed by atoms with Crippen LogP contribution in [0.15, 0.2) is 47.4 Å². The van der Waals surface area contributed by atoms with Crippen molar-refractivity contribution in [1.82, 2.24) is 5.09 Å². The predicted molar refractivity (Wildman–Crippen MR) is 90.8 cm³/mol. The Bertz CT molecular complexity index is 806. The molecule has 1 atom stereocenters. The third kappa shape index (κ3) is 4.94. The lowest BCUT2D eigenvalue weighted by molar-refractivity contribution is -0.138. The third-order valence-corrected chi connectivity index (χ3v) is 4.50. The zero-order valence-corrected chi connectivity index (χ0v) is 14.7. The molecule has 142 valence electrons. The number of aliphatic hydroxyl groups excluding tert-OH is 1. The number of carbonyl (C=O) groups excluding carboxylic acids is 1. The average molecular weight is 385 g/mol. The van der Waals surface area contributed by atoms with Gasteiger partial charge >= 0.3 is 7.75 Å². The van der Waals surface area contributed by atoms with E-state index in [1.54, 1.807) is 24.1 Å². The number of hydrogen-bond donors (Lipinski definition) is 7. The number of allylic oxidation sites excluding steroid dienone is 2. The topological polar surface area (TPSA) is 168 Å². The Labute approximate surface area is 149 Å². The van der Waals surface area contributed by atoms with E-state index in [2.05, 4.69) is 0 Å². The summed E-state index contributed by atoms with van der Waals surface area (Å²) >= 11 is 0. The molecule has 9 nitrogen and oxygen atoms in total. The molecule has 1 aromatic carbocycles. The van der Waals surface area contributed by atoms with Crippen LogP contribution in [0.3, 0.4) is 0 Å². The molecule has 7 N–H and O–H groups in total. The molecule has 26 heavy (non-hydrogen) atoms. The molecule has 0 radical (unpaired) electrons. The molecule has 1 aliphatic rings. The van der Waals surface area contributed by atoms with E-state index >= 15 is 0 Å². The van der Waals surface area contributed by atoms with Gasteiger partial charge in [-0.2, -0.15) is 0 Å². The zero-order valence-electron chi connectivity index (χ0n) is 13.8. The van der Waals surface area contributed by atoms with Gasteiger partial charge in [-0.25, -0.2) is 4.57 Å². The van der Waals surface area contributed by atoms with Crippen molar-refractivity contribution in [2.45, 2.75) is 31.5 Å². The van der Waals surface area contributed by atoms with Crippen molar-refractivity contribution in [3.8, 4) is 5.75 Å². The van der Waals surface area contributed by atoms with Gasteiger partial charge in [0, 0.05) is 18.2 Å². The van der Waals surface area contributed by atoms with Crippen molar-refractivity contribution in [1.29, 1.82) is 0 Å². The summed E-state index contributed by atoms with van der Waals surface area (Å²) in [7, 11) is -4.84. The minimum absolute atomic E-state index is 0.0439. The maximum Gasteiger partial charge on any atom is 0.427 e. The Morgan fingerprint density at radius 1 is 1.19 bits per heavy atom. The Balaban J connectivity index is 2.37. The summed E-state index contributed by atoms with van der Waals surface area (Å²) in [6, 6.07) is 6.02. The first kappa shape index (κ1) is 20.2. The molecule has 0 saturated heterocycles. The van der Waals surface area contributed by atoms with Crippen molar-refractivity contribution in [3.63, 3.8) is 0 Å². The second kappa shape index (κ2) is 7.22. The molecule has 2 rings (SSSR count). The monoisotopic (exact) mass is 385 g/mol. The number of nitrogens with one attached hydrogen (secondary N) is 1. The lowest BCUT2D eigenvalue weighted by atomic mass is 9.86. The van der Waals surface area contributed by atoms with Gasteiger partial charge in [-0.15, -0.1) is 0 Å². The summed E-state index contributed by atoms with van der Waals surface area (Å²) in [5, 5.41) is 42.1. The molecular formula is C16H20NO8P. The Kier molecular flexibility index (Phi) is 5.60. The van der Waals surface area contributed by atoms with E-state index in [1.807, 2.05) is 0 Å². The minimum Gasteiger partial charge on any atom is -0.508 e. The fraction of sp³-hybridized carbons (Fsp3) is 0.312. The van der Waals surface area contributed by atoms with E-state index in [9.17, 15) is 29.8 Å². The van der Waals surface area contributed by atoms with Gasteiger partial charge in [0.05, 0.1) is 12.0 Å². The number of hydrogen-bond acceptors (Lipinski definition) is 6. The first-order chi connectivity index (χ1) is 11.9. The van der Waals surface area contributed by atoms with Crippen molar-refractivity contribution < 1.29 is 39.6 Å². The van der Waals surface area contributed by atoms with Crippen LogP contribution in [-0.4, -0.2) is 41.8 Å². The van der Waals surface area contributed by atoms with Gasteiger partial charge in [0.15, 0.2) is 11.6 Å². The molecule has 0 fully saturated rings. The lowest BCUT2D eigenvalue weighted by Gasteiger charge is -2.31. The fourth-order valence-electron chi connectivity index (χ4n) is 2.86. The number of ketones is 1. The van der Waals surface area contributed by atoms with Crippen molar-refractivity contribution in [2.75, 3.05) is 0 Å². The fourth-order valence-corrected chi connectivity index (χ4v) is 3.40. The van der Waals surface area contributed by atoms with Crippen molar-refractivity contribution >= 4 is 13.5 Å². The van der Waals surface area contributed by atoms with Crippen LogP contribution in [0.25, 0.3) is 0 Å². The summed E-state index contributed by atoms with van der Waals surface area (Å²) in [4.78, 5) is 29.7. The second-order valence-corrected chi connectivity index (χ2v) is 7.51. The SMILES string of the molecule is CC(CC(O)(O)C1=C(NP(=O)(O)O)CC(=O)C=C1O)c1ccc(O)cc1. The molecule has 0 amide bonds. The normalized spacial score (nSPS) is 17.1. The standard InChI is InChI=1S/C16H20NO8P/c1-9(10-2-4-11(18)5-3-10)8-16(21,22)15-13(17-26(23,24)25)6-12(19)7-14(15)20/h2-5,7,9,18,20-22H,6,8H2,1H3,(H3,17,23,24,25). The summed E-state index contributed by atoms with van der Waals surface area (Å²) in [6.07, 6.45) is -0.0981. The van der Waals surface area contributed by atoms with Crippen LogP contribution >= 0.6 is 7.75 Å². The number of benzene rings is 1. The Hall–Kier alpha value is -2.16. The van der Waals surface area contributed by atoms with Crippen LogP contribution in [0.1, 0.15) is 31.2 Å². The van der Waals surface area contributed by atoms with E-state index in [0.717, 1.165) is 6.08 Å². The first-order valence-corrected chi connectivity index (χ1v) is 9.25. The highest BCUT2D eigenvalue weighted by Crippen LogP contribution is 2.39. The molecule has 0 spiro atoms. The number of phenols is 1. The number of phenolic OH excluding ortho intramolecular Hbond substituents is 1. The Morgan fingerprint density at radius 3 is 2.31 bits per heavy atom. The van der Waals surface area contributed by atoms with Crippen LogP contribution in [0.4, 0.5) is 0 Å². The molecule has 10 heteroatoms. The maximum absolute atomic E-state index is 11.6. The summed E-state index contributed by atoms with van der Waals surface area (Å²) in [5.41, 5.74) is -0.354. The van der Waals surface area contributed by atoms with Gasteiger partial charge in [0.1, 0.15) is 11.5 Å². The average Bonchev–Trinajstić information content (AvgIpc) is 2.44. The number of rotatable bonds is 6. The van der Waals surface area contributed by atoms with E-state index in [4.69, 9.17) is 9.79 Å². The molecular weight excluding hydrogens is 365 g/mol. The number of carbonyl (C=O) groups is 1. The number of aromatic hydroxyl groups is 1. The van der Waals surface area contributed by atoms with Crippen LogP contribution in [-0.2, 0) is 9.36 Å². The van der Waals surface area contributed by atoms with Crippen LogP contribution in [0.5, 0.6) is 5.75 Å². The predicted octanol–water partition coefficient (Wildman–Crippen LogP) is 0.918. The van der Waals surface area contributed by atoms with Crippen molar-refractivity contribution in [2.24, 2.45) is 0 Å². The van der Waals surface area contributed by atoms with Gasteiger partial charge in [-0.3, -0.25) is 9.88 Å². The third-order valence-electron chi connectivity index (χ3n) is 3.94. The van der Waals surface area contributed by atoms with E-state index < -0.39 is 48.7 Å². The van der Waals surface area contributed by atoms with Crippen molar-refractivity contribution in [3.05, 3.63) is 52.9 Å². The Morgan fingerprint density at radius 2 is 1.77 bits per heavy atom. The van der Waals surface area contributed by atoms with Crippen LogP contribution in [0.2, 0.25) is 0 Å². The molecule has 1 unspecified atom stereocenters. The van der Waals surface area contributed by atoms with Gasteiger partial charge in [0.25, 0.3) is 0 Å². The molecule has 0 aromatic heterocycles. The van der Waals surface area contributed by atoms with E-state index in [1.165, 1.54) is 12.1 Å². The highest BCUT2D eigenvalue weighted by atomic mass is 31.2. The minimum atomic E-state index is -4.84. The highest BCUT2D eigenvalue weighted by Gasteiger charge is 2.39. The second-order valence-electron chi connectivity index (χ2n) is 6.20. The summed E-state index contributed by atoms with van der Waals surface area (Å²) in [6.45, 7) is 1.67. The van der Waals surface area contributed by atoms with Gasteiger partial charge in [-0.1, -0.05) is 19.1 Å². The highest BCUT2D eigenvalue weighted by molar-refractivity contribution is 7.49. The molecule has 0 heterocycles. The lowest BCUT2D eigenvalue weighted by Crippen LogP contribution is -2.38. The van der Waals surface area contributed by atoms with Gasteiger partial charge in [-0.05, 0) is 23.6 Å². The largest absolute Gasteiger partial charge is 0.508 e. The molecule has 0 saturated carbocycles. The molecule has 0 aliphatic heterocycles.